The number of alkyl carbamates (subject to hydrolysis) is 1. The molecule has 0 saturated heterocycles. The molecule has 4 N–H and O–H groups in total. The van der Waals surface area contributed by atoms with Crippen LogP contribution in [-0.2, 0) is 14.3 Å². The Balaban J connectivity index is 0.00000729. The van der Waals surface area contributed by atoms with Crippen LogP contribution in [0.25, 0.3) is 0 Å². The van der Waals surface area contributed by atoms with Crippen molar-refractivity contribution in [3.8, 4) is 0 Å². The zero-order valence-electron chi connectivity index (χ0n) is 16.0. The van der Waals surface area contributed by atoms with Crippen molar-refractivity contribution >= 4 is 64.9 Å². The summed E-state index contributed by atoms with van der Waals surface area (Å²) in [4.78, 5) is 36.6. The monoisotopic (exact) mass is 433 g/mol. The number of thiocarbonyl (C=S) groups is 1. The first-order valence-corrected chi connectivity index (χ1v) is 8.34. The predicted octanol–water partition coefficient (Wildman–Crippen LogP) is 2.23. The molecule has 0 unspecified atom stereocenters. The highest BCUT2D eigenvalue weighted by atomic mass is 35.5. The Labute approximate surface area is 174 Å². The van der Waals surface area contributed by atoms with Crippen molar-refractivity contribution in [2.24, 2.45) is 0 Å². The summed E-state index contributed by atoms with van der Waals surface area (Å²) in [6.45, 7) is 2.03. The van der Waals surface area contributed by atoms with Crippen molar-refractivity contribution in [3.05, 3.63) is 18.2 Å². The summed E-state index contributed by atoms with van der Waals surface area (Å²) >= 11 is 5.07. The van der Waals surface area contributed by atoms with Gasteiger partial charge in [-0.1, -0.05) is 0 Å². The molecule has 0 aliphatic carbocycles. The number of halogens is 1. The first kappa shape index (κ1) is 25.4. The Bertz CT molecular complexity index is 717. The van der Waals surface area contributed by atoms with E-state index in [1.54, 1.807) is 38.1 Å². The normalized spacial score (nSPS) is 9.61. The largest absolute Gasteiger partial charge is 0.453 e. The molecule has 3 amide bonds. The molecule has 0 aliphatic rings. The molecule has 1 rings (SSSR count). The van der Waals surface area contributed by atoms with E-state index in [0.29, 0.717) is 17.1 Å². The number of carbonyl (C=O) groups excluding carboxylic acids is 3. The molecular weight excluding hydrogens is 410 g/mol. The van der Waals surface area contributed by atoms with Gasteiger partial charge in [0.1, 0.15) is 0 Å². The number of nitrogens with one attached hydrogen (secondary N) is 4. The van der Waals surface area contributed by atoms with E-state index in [9.17, 15) is 14.4 Å². The molecule has 1 aromatic rings. The lowest BCUT2D eigenvalue weighted by atomic mass is 10.2. The lowest BCUT2D eigenvalue weighted by Crippen LogP contribution is -2.35. The Morgan fingerprint density at radius 2 is 1.75 bits per heavy atom. The lowest BCUT2D eigenvalue weighted by Gasteiger charge is -2.17. The molecule has 156 valence electrons. The van der Waals surface area contributed by atoms with Gasteiger partial charge in [0.25, 0.3) is 0 Å². The van der Waals surface area contributed by atoms with E-state index in [1.807, 2.05) is 0 Å². The third kappa shape index (κ3) is 9.35. The van der Waals surface area contributed by atoms with Gasteiger partial charge in [-0.15, -0.1) is 12.4 Å². The molecule has 0 heterocycles. The van der Waals surface area contributed by atoms with Gasteiger partial charge in [-0.25, -0.2) is 9.59 Å². The Morgan fingerprint density at radius 3 is 2.32 bits per heavy atom. The maximum absolute atomic E-state index is 12.0. The van der Waals surface area contributed by atoms with Crippen molar-refractivity contribution in [2.45, 2.75) is 6.92 Å². The van der Waals surface area contributed by atoms with Crippen molar-refractivity contribution in [3.63, 3.8) is 0 Å². The fraction of sp³-hybridized carbons (Fsp3) is 0.375. The quantitative estimate of drug-likeness (QED) is 0.504. The first-order chi connectivity index (χ1) is 12.7. The number of hydrogen-bond acceptors (Lipinski definition) is 7. The van der Waals surface area contributed by atoms with Crippen LogP contribution in [0.3, 0.4) is 0 Å². The van der Waals surface area contributed by atoms with E-state index in [0.717, 1.165) is 0 Å². The topological polar surface area (TPSA) is 121 Å². The molecule has 12 heteroatoms. The van der Waals surface area contributed by atoms with Crippen LogP contribution in [0.4, 0.5) is 26.7 Å². The number of methoxy groups -OCH3 is 1. The second-order valence-electron chi connectivity index (χ2n) is 5.46. The van der Waals surface area contributed by atoms with Gasteiger partial charge in [0.15, 0.2) is 5.11 Å². The summed E-state index contributed by atoms with van der Waals surface area (Å²) in [6.07, 6.45) is -1.37. The molecule has 10 nitrogen and oxygen atoms in total. The maximum Gasteiger partial charge on any atom is 0.413 e. The zero-order valence-corrected chi connectivity index (χ0v) is 17.6. The maximum atomic E-state index is 12.0. The van der Waals surface area contributed by atoms with Gasteiger partial charge in [-0.2, -0.15) is 0 Å². The van der Waals surface area contributed by atoms with E-state index >= 15 is 0 Å². The highest BCUT2D eigenvalue weighted by Crippen LogP contribution is 2.26. The minimum Gasteiger partial charge on any atom is -0.453 e. The van der Waals surface area contributed by atoms with Gasteiger partial charge in [-0.05, 0) is 51.4 Å². The number of hydrogen-bond donors (Lipinski definition) is 4. The number of amides is 3. The van der Waals surface area contributed by atoms with Crippen molar-refractivity contribution in [1.29, 1.82) is 0 Å². The minimum absolute atomic E-state index is 0. The summed E-state index contributed by atoms with van der Waals surface area (Å²) in [5.74, 6) is -0.249. The SMILES string of the molecule is CCOC(=O)NC(=S)Nc1cc(NC(=O)OC)ccc1NC(=O)CN(C)C.Cl. The molecule has 0 aromatic heterocycles. The van der Waals surface area contributed by atoms with E-state index in [1.165, 1.54) is 13.2 Å². The summed E-state index contributed by atoms with van der Waals surface area (Å²) in [6, 6.07) is 4.69. The van der Waals surface area contributed by atoms with Gasteiger partial charge >= 0.3 is 12.2 Å². The van der Waals surface area contributed by atoms with Crippen LogP contribution in [0.1, 0.15) is 6.92 Å². The molecule has 0 bridgehead atoms. The fourth-order valence-electron chi connectivity index (χ4n) is 1.89. The lowest BCUT2D eigenvalue weighted by molar-refractivity contribution is -0.116. The van der Waals surface area contributed by atoms with Crippen LogP contribution in [-0.4, -0.2) is 62.5 Å². The van der Waals surface area contributed by atoms with Crippen molar-refractivity contribution < 1.29 is 23.9 Å². The van der Waals surface area contributed by atoms with Gasteiger partial charge in [0, 0.05) is 5.69 Å². The average Bonchev–Trinajstić information content (AvgIpc) is 2.56. The van der Waals surface area contributed by atoms with Gasteiger partial charge in [-0.3, -0.25) is 15.4 Å². The van der Waals surface area contributed by atoms with Gasteiger partial charge in [0.2, 0.25) is 5.91 Å². The number of nitrogens with zero attached hydrogens (tertiary/aromatic N) is 1. The number of benzene rings is 1. The van der Waals surface area contributed by atoms with Crippen molar-refractivity contribution in [2.75, 3.05) is 50.3 Å². The molecule has 0 aliphatic heterocycles. The van der Waals surface area contributed by atoms with E-state index < -0.39 is 12.2 Å². The average molecular weight is 434 g/mol. The highest BCUT2D eigenvalue weighted by molar-refractivity contribution is 7.80. The number of rotatable bonds is 6. The molecule has 1 aromatic carbocycles. The molecule has 0 radical (unpaired) electrons. The predicted molar refractivity (Wildman–Crippen MR) is 113 cm³/mol. The number of likely N-dealkylation sites (N-methyl/N-ethyl adjacent to an activating group) is 1. The van der Waals surface area contributed by atoms with E-state index in [4.69, 9.17) is 17.0 Å². The van der Waals surface area contributed by atoms with Gasteiger partial charge in [0.05, 0.1) is 31.6 Å². The van der Waals surface area contributed by atoms with Crippen LogP contribution in [0.15, 0.2) is 18.2 Å². The smallest absolute Gasteiger partial charge is 0.413 e. The van der Waals surface area contributed by atoms with Crippen LogP contribution in [0, 0.1) is 0 Å². The second-order valence-corrected chi connectivity index (χ2v) is 5.87. The fourth-order valence-corrected chi connectivity index (χ4v) is 2.09. The third-order valence-corrected chi connectivity index (χ3v) is 3.13. The van der Waals surface area contributed by atoms with Crippen LogP contribution in [0.2, 0.25) is 0 Å². The van der Waals surface area contributed by atoms with Crippen LogP contribution >= 0.6 is 24.6 Å². The summed E-state index contributed by atoms with van der Waals surface area (Å²) in [5, 5.41) is 10.3. The first-order valence-electron chi connectivity index (χ1n) is 7.93. The van der Waals surface area contributed by atoms with E-state index in [-0.39, 0.29) is 36.6 Å². The van der Waals surface area contributed by atoms with Crippen LogP contribution < -0.4 is 21.3 Å². The summed E-state index contributed by atoms with van der Waals surface area (Å²) in [7, 11) is 4.77. The van der Waals surface area contributed by atoms with Crippen molar-refractivity contribution in [1.82, 2.24) is 10.2 Å². The second kappa shape index (κ2) is 12.7. The van der Waals surface area contributed by atoms with Crippen LogP contribution in [0.5, 0.6) is 0 Å². The number of carbonyl (C=O) groups is 3. The Hall–Kier alpha value is -2.63. The standard InChI is InChI=1S/C16H23N5O5S.ClH/c1-5-26-16(24)20-14(27)19-12-8-10(17-15(23)25-4)6-7-11(12)18-13(22)9-21(2)3;/h6-8H,5,9H2,1-4H3,(H,17,23)(H,18,22)(H2,19,20,24,27);1H. The molecular formula is C16H24ClN5O5S. The Morgan fingerprint density at radius 1 is 1.07 bits per heavy atom. The summed E-state index contributed by atoms with van der Waals surface area (Å²) < 4.78 is 9.30. The van der Waals surface area contributed by atoms with Gasteiger partial charge < -0.3 is 25.0 Å². The number of anilines is 3. The van der Waals surface area contributed by atoms with E-state index in [2.05, 4.69) is 26.0 Å². The third-order valence-electron chi connectivity index (χ3n) is 2.92. The molecule has 0 atom stereocenters. The molecule has 0 saturated carbocycles. The minimum atomic E-state index is -0.711. The molecule has 28 heavy (non-hydrogen) atoms. The highest BCUT2D eigenvalue weighted by Gasteiger charge is 2.13. The summed E-state index contributed by atoms with van der Waals surface area (Å²) in [5.41, 5.74) is 1.16. The molecule has 0 fully saturated rings. The zero-order chi connectivity index (χ0) is 20.4. The Kier molecular flexibility index (Phi) is 11.5. The number of ether oxygens (including phenoxy) is 2. The molecule has 0 spiro atoms.